The highest BCUT2D eigenvalue weighted by atomic mass is 16.6. The van der Waals surface area contributed by atoms with Crippen LogP contribution in [0, 0.1) is 0 Å². The second kappa shape index (κ2) is 4.27. The van der Waals surface area contributed by atoms with Crippen LogP contribution in [-0.4, -0.2) is 11.6 Å². The van der Waals surface area contributed by atoms with Crippen LogP contribution in [0.3, 0.4) is 0 Å². The minimum Gasteiger partial charge on any atom is -0.455 e. The monoisotopic (exact) mass is 242 g/mol. The minimum atomic E-state index is -0.312. The molecule has 1 saturated carbocycles. The lowest BCUT2D eigenvalue weighted by Gasteiger charge is -2.40. The average Bonchev–Trinajstić information content (AvgIpc) is 2.66. The molecule has 1 aliphatic carbocycles. The van der Waals surface area contributed by atoms with Gasteiger partial charge in [0.1, 0.15) is 5.60 Å². The van der Waals surface area contributed by atoms with E-state index >= 15 is 0 Å². The molecule has 94 valence electrons. The lowest BCUT2D eigenvalue weighted by atomic mass is 9.70. The molecule has 0 radical (unpaired) electrons. The Bertz CT molecular complexity index is 459. The van der Waals surface area contributed by atoms with Crippen LogP contribution in [0.15, 0.2) is 42.5 Å². The van der Waals surface area contributed by atoms with Crippen molar-refractivity contribution in [3.05, 3.63) is 48.0 Å². The molecule has 0 bridgehead atoms. The Kier molecular flexibility index (Phi) is 2.73. The zero-order valence-electron chi connectivity index (χ0n) is 10.5. The van der Waals surface area contributed by atoms with Crippen molar-refractivity contribution in [3.8, 4) is 0 Å². The number of benzene rings is 1. The first-order valence-corrected chi connectivity index (χ1v) is 6.67. The summed E-state index contributed by atoms with van der Waals surface area (Å²) >= 11 is 0. The molecule has 2 atom stereocenters. The van der Waals surface area contributed by atoms with Gasteiger partial charge >= 0.3 is 5.97 Å². The van der Waals surface area contributed by atoms with E-state index in [1.165, 1.54) is 12.0 Å². The number of rotatable bonds is 1. The second-order valence-corrected chi connectivity index (χ2v) is 5.44. The maximum atomic E-state index is 11.7. The fourth-order valence-corrected chi connectivity index (χ4v) is 3.43. The van der Waals surface area contributed by atoms with Crippen LogP contribution >= 0.6 is 0 Å². The third-order valence-electron chi connectivity index (χ3n) is 4.28. The summed E-state index contributed by atoms with van der Waals surface area (Å²) in [5.74, 6) is 0.133. The first kappa shape index (κ1) is 11.5. The van der Waals surface area contributed by atoms with Gasteiger partial charge in [0.15, 0.2) is 0 Å². The molecule has 2 nitrogen and oxygen atoms in total. The molecule has 0 aromatic heterocycles. The van der Waals surface area contributed by atoms with Crippen molar-refractivity contribution in [1.82, 2.24) is 0 Å². The van der Waals surface area contributed by atoms with Gasteiger partial charge in [0.25, 0.3) is 0 Å². The van der Waals surface area contributed by atoms with Crippen LogP contribution in [-0.2, 0) is 9.53 Å². The Labute approximate surface area is 108 Å². The van der Waals surface area contributed by atoms with Crippen molar-refractivity contribution in [2.24, 2.45) is 0 Å². The molecular formula is C16H18O2. The molecule has 2 aliphatic rings. The van der Waals surface area contributed by atoms with Crippen LogP contribution in [0.1, 0.15) is 43.6 Å². The SMILES string of the molecule is C=C1C[C@@]2(CCCC[C@@H]2c2ccccc2)OC1=O. The van der Waals surface area contributed by atoms with E-state index in [9.17, 15) is 4.79 Å². The minimum absolute atomic E-state index is 0.196. The van der Waals surface area contributed by atoms with E-state index < -0.39 is 0 Å². The molecule has 0 amide bonds. The Morgan fingerprint density at radius 2 is 2.00 bits per heavy atom. The van der Waals surface area contributed by atoms with Crippen LogP contribution in [0.4, 0.5) is 0 Å². The molecular weight excluding hydrogens is 224 g/mol. The molecule has 2 heteroatoms. The van der Waals surface area contributed by atoms with Crippen LogP contribution < -0.4 is 0 Å². The molecule has 18 heavy (non-hydrogen) atoms. The quantitative estimate of drug-likeness (QED) is 0.555. The summed E-state index contributed by atoms with van der Waals surface area (Å²) in [6.07, 6.45) is 5.13. The Balaban J connectivity index is 1.97. The van der Waals surface area contributed by atoms with Crippen LogP contribution in [0.5, 0.6) is 0 Å². The average molecular weight is 242 g/mol. The van der Waals surface area contributed by atoms with E-state index in [1.807, 2.05) is 6.07 Å². The first-order valence-electron chi connectivity index (χ1n) is 6.67. The number of hydrogen-bond donors (Lipinski definition) is 0. The van der Waals surface area contributed by atoms with E-state index in [0.717, 1.165) is 19.3 Å². The maximum absolute atomic E-state index is 11.7. The number of ether oxygens (including phenoxy) is 1. The van der Waals surface area contributed by atoms with Crippen LogP contribution in [0.25, 0.3) is 0 Å². The van der Waals surface area contributed by atoms with Gasteiger partial charge in [-0.3, -0.25) is 0 Å². The molecule has 0 N–H and O–H groups in total. The second-order valence-electron chi connectivity index (χ2n) is 5.44. The van der Waals surface area contributed by atoms with E-state index in [4.69, 9.17) is 4.74 Å². The summed E-state index contributed by atoms with van der Waals surface area (Å²) in [7, 11) is 0. The van der Waals surface area contributed by atoms with Crippen molar-refractivity contribution < 1.29 is 9.53 Å². The molecule has 3 rings (SSSR count). The number of esters is 1. The highest BCUT2D eigenvalue weighted by molar-refractivity contribution is 5.90. The summed E-state index contributed by atoms with van der Waals surface area (Å²) in [6, 6.07) is 10.4. The topological polar surface area (TPSA) is 26.3 Å². The molecule has 1 aliphatic heterocycles. The van der Waals surface area contributed by atoms with Crippen molar-refractivity contribution >= 4 is 5.97 Å². The zero-order valence-corrected chi connectivity index (χ0v) is 10.5. The van der Waals surface area contributed by atoms with Gasteiger partial charge in [0, 0.05) is 17.9 Å². The predicted octanol–water partition coefficient (Wildman–Crippen LogP) is 3.59. The van der Waals surface area contributed by atoms with Crippen molar-refractivity contribution in [2.45, 2.75) is 43.6 Å². The van der Waals surface area contributed by atoms with E-state index in [0.29, 0.717) is 17.9 Å². The lowest BCUT2D eigenvalue weighted by Crippen LogP contribution is -2.38. The summed E-state index contributed by atoms with van der Waals surface area (Å²) in [6.45, 7) is 3.84. The Morgan fingerprint density at radius 1 is 1.22 bits per heavy atom. The van der Waals surface area contributed by atoms with Gasteiger partial charge < -0.3 is 4.74 Å². The van der Waals surface area contributed by atoms with Crippen LogP contribution in [0.2, 0.25) is 0 Å². The zero-order chi connectivity index (χ0) is 12.6. The largest absolute Gasteiger partial charge is 0.455 e. The van der Waals surface area contributed by atoms with Crippen molar-refractivity contribution in [1.29, 1.82) is 0 Å². The van der Waals surface area contributed by atoms with Gasteiger partial charge in [0.2, 0.25) is 0 Å². The molecule has 1 saturated heterocycles. The molecule has 1 spiro atoms. The summed E-state index contributed by atoms with van der Waals surface area (Å²) in [4.78, 5) is 11.7. The smallest absolute Gasteiger partial charge is 0.334 e. The molecule has 1 heterocycles. The summed E-state index contributed by atoms with van der Waals surface area (Å²) in [5.41, 5.74) is 1.62. The lowest BCUT2D eigenvalue weighted by molar-refractivity contribution is -0.150. The van der Waals surface area contributed by atoms with Gasteiger partial charge in [-0.2, -0.15) is 0 Å². The van der Waals surface area contributed by atoms with E-state index in [-0.39, 0.29) is 11.6 Å². The number of carbonyl (C=O) groups is 1. The highest BCUT2D eigenvalue weighted by Crippen LogP contribution is 2.50. The Morgan fingerprint density at radius 3 is 2.67 bits per heavy atom. The van der Waals surface area contributed by atoms with E-state index in [1.54, 1.807) is 0 Å². The van der Waals surface area contributed by atoms with Crippen molar-refractivity contribution in [3.63, 3.8) is 0 Å². The Hall–Kier alpha value is -1.57. The van der Waals surface area contributed by atoms with Gasteiger partial charge in [-0.25, -0.2) is 4.79 Å². The normalized spacial score (nSPS) is 31.7. The van der Waals surface area contributed by atoms with Gasteiger partial charge in [-0.05, 0) is 24.8 Å². The van der Waals surface area contributed by atoms with Gasteiger partial charge in [0.05, 0.1) is 0 Å². The molecule has 0 unspecified atom stereocenters. The highest BCUT2D eigenvalue weighted by Gasteiger charge is 2.50. The van der Waals surface area contributed by atoms with E-state index in [2.05, 4.69) is 30.8 Å². The fraction of sp³-hybridized carbons (Fsp3) is 0.438. The first-order chi connectivity index (χ1) is 8.71. The fourth-order valence-electron chi connectivity index (χ4n) is 3.43. The third kappa shape index (κ3) is 1.76. The maximum Gasteiger partial charge on any atom is 0.334 e. The summed E-state index contributed by atoms with van der Waals surface area (Å²) in [5, 5.41) is 0. The third-order valence-corrected chi connectivity index (χ3v) is 4.28. The molecule has 1 aromatic rings. The molecule has 1 aromatic carbocycles. The van der Waals surface area contributed by atoms with Crippen molar-refractivity contribution in [2.75, 3.05) is 0 Å². The number of hydrogen-bond acceptors (Lipinski definition) is 2. The van der Waals surface area contributed by atoms with Gasteiger partial charge in [-0.15, -0.1) is 0 Å². The number of carbonyl (C=O) groups excluding carboxylic acids is 1. The predicted molar refractivity (Wildman–Crippen MR) is 70.2 cm³/mol. The van der Waals surface area contributed by atoms with Gasteiger partial charge in [-0.1, -0.05) is 43.3 Å². The summed E-state index contributed by atoms with van der Waals surface area (Å²) < 4.78 is 5.73. The molecule has 2 fully saturated rings. The standard InChI is InChI=1S/C16H18O2/c1-12-11-16(18-15(12)17)10-6-5-9-14(16)13-7-3-2-4-8-13/h2-4,7-8,14H,1,5-6,9-11H2/t14-,16-/m1/s1.